The first-order chi connectivity index (χ1) is 13.6. The van der Waals surface area contributed by atoms with Crippen molar-refractivity contribution in [1.29, 1.82) is 0 Å². The minimum atomic E-state index is -0.241. The lowest BCUT2D eigenvalue weighted by Crippen LogP contribution is -2.35. The van der Waals surface area contributed by atoms with Crippen molar-refractivity contribution in [3.63, 3.8) is 0 Å². The highest BCUT2D eigenvalue weighted by Crippen LogP contribution is 2.24. The van der Waals surface area contributed by atoms with Gasteiger partial charge in [0.25, 0.3) is 0 Å². The predicted molar refractivity (Wildman–Crippen MR) is 110 cm³/mol. The van der Waals surface area contributed by atoms with Crippen molar-refractivity contribution in [2.75, 3.05) is 25.2 Å². The fourth-order valence-corrected chi connectivity index (χ4v) is 3.70. The van der Waals surface area contributed by atoms with E-state index in [4.69, 9.17) is 4.52 Å². The Morgan fingerprint density at radius 3 is 2.86 bits per heavy atom. The van der Waals surface area contributed by atoms with E-state index in [9.17, 15) is 9.59 Å². The summed E-state index contributed by atoms with van der Waals surface area (Å²) in [6.45, 7) is -0.0223. The van der Waals surface area contributed by atoms with E-state index in [0.717, 1.165) is 16.1 Å². The molecule has 2 heterocycles. The number of aromatic nitrogens is 2. The van der Waals surface area contributed by atoms with Gasteiger partial charge in [-0.3, -0.25) is 9.59 Å². The SMILES string of the molecule is CSc1ccccc1NC(=O)CN(C)C(=O)CCc1nc(-c2ccsc2)no1. The number of likely N-dealkylation sites (N-methyl/N-ethyl adjacent to an activating group) is 1. The molecule has 1 N–H and O–H groups in total. The third-order valence-corrected chi connectivity index (χ3v) is 5.47. The average Bonchev–Trinajstić information content (AvgIpc) is 3.38. The number of hydrogen-bond donors (Lipinski definition) is 1. The lowest BCUT2D eigenvalue weighted by atomic mass is 10.2. The molecule has 0 unspecified atom stereocenters. The molecule has 9 heteroatoms. The third kappa shape index (κ3) is 5.20. The van der Waals surface area contributed by atoms with Gasteiger partial charge in [-0.05, 0) is 29.8 Å². The lowest BCUT2D eigenvalue weighted by Gasteiger charge is -2.17. The highest BCUT2D eigenvalue weighted by molar-refractivity contribution is 7.98. The second-order valence-electron chi connectivity index (χ2n) is 6.02. The van der Waals surface area contributed by atoms with Gasteiger partial charge < -0.3 is 14.7 Å². The first kappa shape index (κ1) is 20.1. The molecule has 0 fully saturated rings. The van der Waals surface area contributed by atoms with Gasteiger partial charge in [0.05, 0.1) is 12.2 Å². The summed E-state index contributed by atoms with van der Waals surface area (Å²) in [6.07, 6.45) is 2.47. The van der Waals surface area contributed by atoms with E-state index in [2.05, 4.69) is 15.5 Å². The van der Waals surface area contributed by atoms with E-state index in [-0.39, 0.29) is 24.8 Å². The quantitative estimate of drug-likeness (QED) is 0.565. The average molecular weight is 417 g/mol. The molecule has 0 atom stereocenters. The van der Waals surface area contributed by atoms with E-state index >= 15 is 0 Å². The molecule has 28 heavy (non-hydrogen) atoms. The summed E-state index contributed by atoms with van der Waals surface area (Å²) in [5, 5.41) is 10.6. The fourth-order valence-electron chi connectivity index (χ4n) is 2.51. The molecule has 0 saturated carbocycles. The van der Waals surface area contributed by atoms with Gasteiger partial charge in [-0.2, -0.15) is 16.3 Å². The van der Waals surface area contributed by atoms with E-state index in [1.807, 2.05) is 47.3 Å². The van der Waals surface area contributed by atoms with Crippen molar-refractivity contribution in [3.05, 3.63) is 47.0 Å². The maximum atomic E-state index is 12.3. The van der Waals surface area contributed by atoms with Crippen LogP contribution >= 0.6 is 23.1 Å². The van der Waals surface area contributed by atoms with Crippen LogP contribution in [0.3, 0.4) is 0 Å². The number of para-hydroxylation sites is 1. The molecule has 2 aromatic heterocycles. The summed E-state index contributed by atoms with van der Waals surface area (Å²) in [7, 11) is 1.60. The summed E-state index contributed by atoms with van der Waals surface area (Å²) in [5.74, 6) is 0.517. The van der Waals surface area contributed by atoms with Crippen LogP contribution in [0.15, 0.2) is 50.5 Å². The predicted octanol–water partition coefficient (Wildman–Crippen LogP) is 3.55. The number of thiophene rings is 1. The van der Waals surface area contributed by atoms with Gasteiger partial charge in [-0.1, -0.05) is 17.3 Å². The standard InChI is InChI=1S/C19H20N4O3S2/c1-23(11-16(24)20-14-5-3-4-6-15(14)27-2)18(25)8-7-17-21-19(22-26-17)13-9-10-28-12-13/h3-6,9-10,12H,7-8,11H2,1-2H3,(H,20,24). The number of hydrogen-bond acceptors (Lipinski definition) is 7. The van der Waals surface area contributed by atoms with Crippen LogP contribution in [0.1, 0.15) is 12.3 Å². The van der Waals surface area contributed by atoms with Crippen LogP contribution in [0.25, 0.3) is 11.4 Å². The van der Waals surface area contributed by atoms with Gasteiger partial charge in [0.2, 0.25) is 23.5 Å². The Hall–Kier alpha value is -2.65. The van der Waals surface area contributed by atoms with Crippen molar-refractivity contribution in [2.45, 2.75) is 17.7 Å². The van der Waals surface area contributed by atoms with Crippen LogP contribution in [0.4, 0.5) is 5.69 Å². The van der Waals surface area contributed by atoms with Crippen molar-refractivity contribution in [1.82, 2.24) is 15.0 Å². The Kier molecular flexibility index (Phi) is 6.83. The number of benzene rings is 1. The number of rotatable bonds is 8. The Bertz CT molecular complexity index is 940. The van der Waals surface area contributed by atoms with Crippen molar-refractivity contribution in [3.8, 4) is 11.4 Å². The topological polar surface area (TPSA) is 88.3 Å². The molecule has 1 aromatic carbocycles. The summed E-state index contributed by atoms with van der Waals surface area (Å²) in [4.78, 5) is 31.2. The summed E-state index contributed by atoms with van der Waals surface area (Å²) >= 11 is 3.10. The van der Waals surface area contributed by atoms with Crippen LogP contribution in [-0.2, 0) is 16.0 Å². The summed E-state index contributed by atoms with van der Waals surface area (Å²) < 4.78 is 5.20. The molecule has 0 aliphatic rings. The number of anilines is 1. The minimum absolute atomic E-state index is 0.0223. The number of carbonyl (C=O) groups excluding carboxylic acids is 2. The van der Waals surface area contributed by atoms with E-state index in [1.54, 1.807) is 30.1 Å². The Balaban J connectivity index is 1.48. The van der Waals surface area contributed by atoms with Crippen LogP contribution in [0.2, 0.25) is 0 Å². The monoisotopic (exact) mass is 416 g/mol. The fraction of sp³-hybridized carbons (Fsp3) is 0.263. The van der Waals surface area contributed by atoms with Gasteiger partial charge >= 0.3 is 0 Å². The van der Waals surface area contributed by atoms with Crippen molar-refractivity contribution in [2.24, 2.45) is 0 Å². The molecule has 0 aliphatic carbocycles. The molecular weight excluding hydrogens is 396 g/mol. The zero-order valence-electron chi connectivity index (χ0n) is 15.5. The van der Waals surface area contributed by atoms with Gasteiger partial charge in [-0.25, -0.2) is 0 Å². The zero-order valence-corrected chi connectivity index (χ0v) is 17.2. The summed E-state index contributed by atoms with van der Waals surface area (Å²) in [5.41, 5.74) is 1.64. The molecule has 3 aromatic rings. The van der Waals surface area contributed by atoms with Gasteiger partial charge in [0.1, 0.15) is 0 Å². The molecule has 146 valence electrons. The molecule has 0 spiro atoms. The second-order valence-corrected chi connectivity index (χ2v) is 7.65. The number of carbonyl (C=O) groups is 2. The number of thioether (sulfide) groups is 1. The van der Waals surface area contributed by atoms with Gasteiger partial charge in [-0.15, -0.1) is 11.8 Å². The summed E-state index contributed by atoms with van der Waals surface area (Å²) in [6, 6.07) is 9.46. The minimum Gasteiger partial charge on any atom is -0.339 e. The van der Waals surface area contributed by atoms with Crippen LogP contribution in [0, 0.1) is 0 Å². The van der Waals surface area contributed by atoms with Crippen LogP contribution in [0.5, 0.6) is 0 Å². The second kappa shape index (κ2) is 9.52. The molecular formula is C19H20N4O3S2. The maximum absolute atomic E-state index is 12.3. The molecule has 2 amide bonds. The first-order valence-electron chi connectivity index (χ1n) is 8.59. The zero-order chi connectivity index (χ0) is 19.9. The largest absolute Gasteiger partial charge is 0.339 e. The molecule has 0 aliphatic heterocycles. The van der Waals surface area contributed by atoms with Crippen LogP contribution in [-0.4, -0.2) is 46.7 Å². The van der Waals surface area contributed by atoms with Crippen LogP contribution < -0.4 is 5.32 Å². The van der Waals surface area contributed by atoms with E-state index < -0.39 is 0 Å². The molecule has 0 saturated heterocycles. The highest BCUT2D eigenvalue weighted by atomic mass is 32.2. The number of amides is 2. The molecule has 0 bridgehead atoms. The third-order valence-electron chi connectivity index (χ3n) is 3.99. The number of aryl methyl sites for hydroxylation is 1. The number of nitrogens with zero attached hydrogens (tertiary/aromatic N) is 3. The Morgan fingerprint density at radius 1 is 1.29 bits per heavy atom. The highest BCUT2D eigenvalue weighted by Gasteiger charge is 2.16. The van der Waals surface area contributed by atoms with Crippen molar-refractivity contribution < 1.29 is 14.1 Å². The van der Waals surface area contributed by atoms with E-state index in [1.165, 1.54) is 4.90 Å². The molecule has 0 radical (unpaired) electrons. The first-order valence-corrected chi connectivity index (χ1v) is 10.8. The van der Waals surface area contributed by atoms with Gasteiger partial charge in [0, 0.05) is 35.7 Å². The Morgan fingerprint density at radius 2 is 2.11 bits per heavy atom. The smallest absolute Gasteiger partial charge is 0.244 e. The van der Waals surface area contributed by atoms with Gasteiger partial charge in [0.15, 0.2) is 0 Å². The number of nitrogens with one attached hydrogen (secondary N) is 1. The van der Waals surface area contributed by atoms with E-state index in [0.29, 0.717) is 18.1 Å². The lowest BCUT2D eigenvalue weighted by molar-refractivity contribution is -0.133. The normalized spacial score (nSPS) is 10.6. The Labute approximate surface area is 171 Å². The molecule has 3 rings (SSSR count). The van der Waals surface area contributed by atoms with Crippen molar-refractivity contribution >= 4 is 40.6 Å². The maximum Gasteiger partial charge on any atom is 0.244 e. The molecule has 7 nitrogen and oxygen atoms in total.